The number of halogens is 4. The Morgan fingerprint density at radius 3 is 2.30 bits per heavy atom. The van der Waals surface area contributed by atoms with E-state index in [0.717, 1.165) is 12.5 Å². The Morgan fingerprint density at radius 2 is 1.70 bits per heavy atom. The number of hydrogen-bond acceptors (Lipinski definition) is 2. The molecular weight excluding hydrogens is 330 g/mol. The minimum atomic E-state index is -1.61. The van der Waals surface area contributed by atoms with Crippen molar-refractivity contribution in [2.24, 2.45) is 0 Å². The molecule has 2 aromatic rings. The van der Waals surface area contributed by atoms with Crippen molar-refractivity contribution in [3.8, 4) is 0 Å². The summed E-state index contributed by atoms with van der Waals surface area (Å²) in [6.45, 7) is 1.94. The Balaban J connectivity index is 2.21. The standard InChI is InChI=1S/C16H13F4NOS/c1-2-5-23-14-6-9(3-4-11(14)17)16(22)21-10-7-12(18)15(20)13(19)8-10/h3-4,6-8H,2,5H2,1H3,(H,21,22). The van der Waals surface area contributed by atoms with Crippen molar-refractivity contribution in [1.29, 1.82) is 0 Å². The van der Waals surface area contributed by atoms with Crippen molar-refractivity contribution in [3.63, 3.8) is 0 Å². The van der Waals surface area contributed by atoms with E-state index in [4.69, 9.17) is 0 Å². The molecule has 0 atom stereocenters. The van der Waals surface area contributed by atoms with Gasteiger partial charge in [-0.1, -0.05) is 6.92 Å². The molecule has 0 fully saturated rings. The number of hydrogen-bond donors (Lipinski definition) is 1. The molecule has 0 spiro atoms. The molecular formula is C16H13F4NOS. The maximum absolute atomic E-state index is 13.6. The third kappa shape index (κ3) is 4.25. The van der Waals surface area contributed by atoms with Crippen molar-refractivity contribution in [3.05, 3.63) is 59.2 Å². The van der Waals surface area contributed by atoms with E-state index >= 15 is 0 Å². The minimum Gasteiger partial charge on any atom is -0.322 e. The van der Waals surface area contributed by atoms with Gasteiger partial charge in [0.05, 0.1) is 0 Å². The summed E-state index contributed by atoms with van der Waals surface area (Å²) in [6.07, 6.45) is 0.842. The number of nitrogens with one attached hydrogen (secondary N) is 1. The summed E-state index contributed by atoms with van der Waals surface area (Å²) in [5, 5.41) is 2.25. The minimum absolute atomic E-state index is 0.134. The van der Waals surface area contributed by atoms with E-state index in [1.165, 1.54) is 23.9 Å². The summed E-state index contributed by atoms with van der Waals surface area (Å²) in [7, 11) is 0. The number of thioether (sulfide) groups is 1. The first-order valence-corrected chi connectivity index (χ1v) is 7.79. The largest absolute Gasteiger partial charge is 0.322 e. The highest BCUT2D eigenvalue weighted by atomic mass is 32.2. The van der Waals surface area contributed by atoms with Gasteiger partial charge in [0.1, 0.15) is 5.82 Å². The third-order valence-corrected chi connectivity index (χ3v) is 4.13. The van der Waals surface area contributed by atoms with Crippen LogP contribution >= 0.6 is 11.8 Å². The summed E-state index contributed by atoms with van der Waals surface area (Å²) in [4.78, 5) is 12.4. The monoisotopic (exact) mass is 343 g/mol. The second-order valence-electron chi connectivity index (χ2n) is 4.70. The van der Waals surface area contributed by atoms with E-state index in [1.54, 1.807) is 0 Å². The number of benzene rings is 2. The fourth-order valence-corrected chi connectivity index (χ4v) is 2.64. The Bertz CT molecular complexity index is 713. The number of anilines is 1. The van der Waals surface area contributed by atoms with Gasteiger partial charge in [0.2, 0.25) is 0 Å². The van der Waals surface area contributed by atoms with E-state index in [-0.39, 0.29) is 11.3 Å². The highest BCUT2D eigenvalue weighted by Crippen LogP contribution is 2.24. The topological polar surface area (TPSA) is 29.1 Å². The molecule has 0 bridgehead atoms. The zero-order valence-electron chi connectivity index (χ0n) is 12.1. The van der Waals surface area contributed by atoms with Crippen molar-refractivity contribution >= 4 is 23.4 Å². The van der Waals surface area contributed by atoms with Crippen molar-refractivity contribution in [1.82, 2.24) is 0 Å². The molecule has 0 aromatic heterocycles. The van der Waals surface area contributed by atoms with E-state index in [0.29, 0.717) is 22.8 Å². The zero-order valence-corrected chi connectivity index (χ0v) is 12.9. The van der Waals surface area contributed by atoms with E-state index in [2.05, 4.69) is 5.32 Å². The SMILES string of the molecule is CCCSc1cc(C(=O)Nc2cc(F)c(F)c(F)c2)ccc1F. The second-order valence-corrected chi connectivity index (χ2v) is 5.84. The predicted molar refractivity (Wildman–Crippen MR) is 81.7 cm³/mol. The fourth-order valence-electron chi connectivity index (χ4n) is 1.80. The van der Waals surface area contributed by atoms with Crippen LogP contribution in [0.1, 0.15) is 23.7 Å². The number of amides is 1. The lowest BCUT2D eigenvalue weighted by Crippen LogP contribution is -2.13. The smallest absolute Gasteiger partial charge is 0.255 e. The van der Waals surface area contributed by atoms with Crippen LogP contribution in [-0.2, 0) is 0 Å². The molecule has 122 valence electrons. The van der Waals surface area contributed by atoms with Gasteiger partial charge in [-0.25, -0.2) is 17.6 Å². The maximum Gasteiger partial charge on any atom is 0.255 e. The Kier molecular flexibility index (Phi) is 5.65. The molecule has 0 aliphatic rings. The number of rotatable bonds is 5. The normalized spacial score (nSPS) is 10.7. The molecule has 0 saturated heterocycles. The maximum atomic E-state index is 13.6. The molecule has 0 radical (unpaired) electrons. The summed E-state index contributed by atoms with van der Waals surface area (Å²) < 4.78 is 52.8. The lowest BCUT2D eigenvalue weighted by Gasteiger charge is -2.08. The van der Waals surface area contributed by atoms with Crippen molar-refractivity contribution in [2.45, 2.75) is 18.2 Å². The van der Waals surface area contributed by atoms with E-state index in [9.17, 15) is 22.4 Å². The fraction of sp³-hybridized carbons (Fsp3) is 0.188. The molecule has 0 aliphatic carbocycles. The first-order chi connectivity index (χ1) is 10.9. The van der Waals surface area contributed by atoms with Crippen molar-refractivity contribution < 1.29 is 22.4 Å². The van der Waals surface area contributed by atoms with Gasteiger partial charge in [0.15, 0.2) is 17.5 Å². The van der Waals surface area contributed by atoms with Crippen molar-refractivity contribution in [2.75, 3.05) is 11.1 Å². The molecule has 2 rings (SSSR count). The van der Waals surface area contributed by atoms with Gasteiger partial charge in [0.25, 0.3) is 5.91 Å². The van der Waals surface area contributed by atoms with Crippen LogP contribution < -0.4 is 5.32 Å². The van der Waals surface area contributed by atoms with Gasteiger partial charge < -0.3 is 5.32 Å². The zero-order chi connectivity index (χ0) is 17.0. The van der Waals surface area contributed by atoms with Crippen LogP contribution in [-0.4, -0.2) is 11.7 Å². The lowest BCUT2D eigenvalue weighted by atomic mass is 10.2. The second kappa shape index (κ2) is 7.50. The predicted octanol–water partition coefficient (Wildman–Crippen LogP) is 5.00. The summed E-state index contributed by atoms with van der Waals surface area (Å²) in [5.74, 6) is -4.84. The van der Waals surface area contributed by atoms with Gasteiger partial charge in [-0.05, 0) is 30.4 Å². The average molecular weight is 343 g/mol. The van der Waals surface area contributed by atoms with E-state index < -0.39 is 29.2 Å². The number of carbonyl (C=O) groups is 1. The number of carbonyl (C=O) groups excluding carboxylic acids is 1. The first kappa shape index (κ1) is 17.3. The first-order valence-electron chi connectivity index (χ1n) is 6.80. The molecule has 1 N–H and O–H groups in total. The lowest BCUT2D eigenvalue weighted by molar-refractivity contribution is 0.102. The molecule has 0 heterocycles. The van der Waals surface area contributed by atoms with E-state index in [1.807, 2.05) is 6.92 Å². The highest BCUT2D eigenvalue weighted by molar-refractivity contribution is 7.99. The van der Waals surface area contributed by atoms with Gasteiger partial charge in [-0.3, -0.25) is 4.79 Å². The Labute approximate surface area is 134 Å². The van der Waals surface area contributed by atoms with Crippen LogP contribution in [0.15, 0.2) is 35.2 Å². The van der Waals surface area contributed by atoms with Crippen LogP contribution in [0.4, 0.5) is 23.2 Å². The van der Waals surface area contributed by atoms with Crippen LogP contribution in [0.5, 0.6) is 0 Å². The molecule has 23 heavy (non-hydrogen) atoms. The summed E-state index contributed by atoms with van der Waals surface area (Å²) >= 11 is 1.27. The molecule has 0 unspecified atom stereocenters. The molecule has 2 nitrogen and oxygen atoms in total. The molecule has 7 heteroatoms. The Hall–Kier alpha value is -2.02. The van der Waals surface area contributed by atoms with Crippen LogP contribution in [0.25, 0.3) is 0 Å². The van der Waals surface area contributed by atoms with Crippen LogP contribution in [0.3, 0.4) is 0 Å². The Morgan fingerprint density at radius 1 is 1.04 bits per heavy atom. The molecule has 0 saturated carbocycles. The van der Waals surface area contributed by atoms with Crippen LogP contribution in [0.2, 0.25) is 0 Å². The quantitative estimate of drug-likeness (QED) is 0.470. The van der Waals surface area contributed by atoms with Gasteiger partial charge >= 0.3 is 0 Å². The highest BCUT2D eigenvalue weighted by Gasteiger charge is 2.14. The van der Waals surface area contributed by atoms with Gasteiger partial charge in [-0.15, -0.1) is 11.8 Å². The summed E-state index contributed by atoms with van der Waals surface area (Å²) in [6, 6.07) is 5.12. The molecule has 0 aliphatic heterocycles. The summed E-state index contributed by atoms with van der Waals surface area (Å²) in [5.41, 5.74) is -0.0892. The third-order valence-electron chi connectivity index (χ3n) is 2.90. The average Bonchev–Trinajstić information content (AvgIpc) is 2.51. The van der Waals surface area contributed by atoms with Gasteiger partial charge in [-0.2, -0.15) is 0 Å². The molecule has 2 aromatic carbocycles. The van der Waals surface area contributed by atoms with Gasteiger partial charge in [0, 0.05) is 28.3 Å². The van der Waals surface area contributed by atoms with Crippen LogP contribution in [0, 0.1) is 23.3 Å². The molecule has 1 amide bonds.